The highest BCUT2D eigenvalue weighted by Crippen LogP contribution is 2.30. The Kier molecular flexibility index (Phi) is 9.56. The van der Waals surface area contributed by atoms with Gasteiger partial charge in [-0.15, -0.1) is 12.4 Å². The monoisotopic (exact) mass is 410 g/mol. The van der Waals surface area contributed by atoms with Crippen LogP contribution in [0.2, 0.25) is 5.02 Å². The summed E-state index contributed by atoms with van der Waals surface area (Å²) in [7, 11) is 0. The molecule has 0 saturated carbocycles. The fraction of sp³-hybridized carbons (Fsp3) is 0.429. The van der Waals surface area contributed by atoms with Gasteiger partial charge in [0.2, 0.25) is 0 Å². The zero-order valence-corrected chi connectivity index (χ0v) is 17.0. The maximum absolute atomic E-state index is 8.78. The minimum atomic E-state index is 0. The third kappa shape index (κ3) is 6.46. The number of hydrogen-bond acceptors (Lipinski definition) is 4. The van der Waals surface area contributed by atoms with E-state index < -0.39 is 0 Å². The van der Waals surface area contributed by atoms with Gasteiger partial charge in [0.1, 0.15) is 0 Å². The molecule has 0 bridgehead atoms. The van der Waals surface area contributed by atoms with Crippen LogP contribution in [0.5, 0.6) is 0 Å². The van der Waals surface area contributed by atoms with E-state index in [9.17, 15) is 0 Å². The molecule has 4 nitrogen and oxygen atoms in total. The van der Waals surface area contributed by atoms with E-state index in [0.717, 1.165) is 37.7 Å². The van der Waals surface area contributed by atoms with Crippen LogP contribution < -0.4 is 0 Å². The van der Waals surface area contributed by atoms with Crippen molar-refractivity contribution in [1.29, 1.82) is 0 Å². The number of nitrogens with zero attached hydrogens (tertiary/aromatic N) is 2. The van der Waals surface area contributed by atoms with Gasteiger partial charge in [0.25, 0.3) is 0 Å². The van der Waals surface area contributed by atoms with Crippen LogP contribution in [-0.2, 0) is 4.74 Å². The summed E-state index contributed by atoms with van der Waals surface area (Å²) in [5.41, 5.74) is 2.59. The van der Waals surface area contributed by atoms with Crippen molar-refractivity contribution in [1.82, 2.24) is 9.80 Å². The molecule has 1 saturated heterocycles. The molecule has 0 spiro atoms. The van der Waals surface area contributed by atoms with Crippen molar-refractivity contribution in [3.63, 3.8) is 0 Å². The quantitative estimate of drug-likeness (QED) is 0.675. The number of aliphatic hydroxyl groups is 1. The van der Waals surface area contributed by atoms with Crippen molar-refractivity contribution in [3.05, 3.63) is 70.7 Å². The van der Waals surface area contributed by atoms with Gasteiger partial charge in [-0.2, -0.15) is 0 Å². The lowest BCUT2D eigenvalue weighted by Gasteiger charge is -2.39. The number of ether oxygens (including phenoxy) is 1. The van der Waals surface area contributed by atoms with Crippen molar-refractivity contribution in [2.75, 3.05) is 52.5 Å². The summed E-state index contributed by atoms with van der Waals surface area (Å²) in [4.78, 5) is 4.97. The summed E-state index contributed by atoms with van der Waals surface area (Å²) in [6, 6.07) is 19.1. The van der Waals surface area contributed by atoms with Gasteiger partial charge in [-0.05, 0) is 23.3 Å². The molecule has 1 heterocycles. The maximum Gasteiger partial charge on any atom is 0.0698 e. The molecule has 0 aromatic heterocycles. The van der Waals surface area contributed by atoms with E-state index in [0.29, 0.717) is 13.2 Å². The Labute approximate surface area is 173 Å². The molecule has 0 radical (unpaired) electrons. The molecule has 3 rings (SSSR count). The normalized spacial score (nSPS) is 16.7. The molecule has 0 unspecified atom stereocenters. The smallest absolute Gasteiger partial charge is 0.0698 e. The number of halogens is 2. The van der Waals surface area contributed by atoms with E-state index in [1.165, 1.54) is 11.1 Å². The Hall–Kier alpha value is -1.14. The summed E-state index contributed by atoms with van der Waals surface area (Å²) in [5.74, 6) is 0. The minimum Gasteiger partial charge on any atom is -0.394 e. The van der Waals surface area contributed by atoms with Crippen molar-refractivity contribution >= 4 is 24.0 Å². The van der Waals surface area contributed by atoms with E-state index in [2.05, 4.69) is 52.3 Å². The second-order valence-electron chi connectivity index (χ2n) is 6.58. The SMILES string of the molecule is Cl.OCCOCCN1CCN([C@@H](c2ccccc2)c2ccc(Cl)cc2)CC1. The van der Waals surface area contributed by atoms with Crippen molar-refractivity contribution in [3.8, 4) is 0 Å². The number of rotatable bonds is 8. The fourth-order valence-corrected chi connectivity index (χ4v) is 3.63. The topological polar surface area (TPSA) is 35.9 Å². The van der Waals surface area contributed by atoms with Crippen LogP contribution in [0, 0.1) is 0 Å². The number of benzene rings is 2. The van der Waals surface area contributed by atoms with E-state index in [-0.39, 0.29) is 25.1 Å². The largest absolute Gasteiger partial charge is 0.394 e. The molecule has 1 fully saturated rings. The van der Waals surface area contributed by atoms with Crippen LogP contribution in [-0.4, -0.2) is 67.5 Å². The van der Waals surface area contributed by atoms with E-state index >= 15 is 0 Å². The zero-order chi connectivity index (χ0) is 18.2. The summed E-state index contributed by atoms with van der Waals surface area (Å²) in [5, 5.41) is 9.55. The van der Waals surface area contributed by atoms with E-state index in [4.69, 9.17) is 21.4 Å². The Morgan fingerprint density at radius 2 is 1.52 bits per heavy atom. The molecule has 2 aromatic carbocycles. The first-order valence-electron chi connectivity index (χ1n) is 9.23. The molecule has 0 aliphatic carbocycles. The van der Waals surface area contributed by atoms with Gasteiger partial charge in [-0.1, -0.05) is 54.1 Å². The van der Waals surface area contributed by atoms with Gasteiger partial charge in [0, 0.05) is 37.7 Å². The van der Waals surface area contributed by atoms with Gasteiger partial charge >= 0.3 is 0 Å². The lowest BCUT2D eigenvalue weighted by Crippen LogP contribution is -2.48. The summed E-state index contributed by atoms with van der Waals surface area (Å²) >= 11 is 6.09. The van der Waals surface area contributed by atoms with Gasteiger partial charge < -0.3 is 9.84 Å². The van der Waals surface area contributed by atoms with Crippen LogP contribution in [0.3, 0.4) is 0 Å². The first-order chi connectivity index (χ1) is 12.8. The minimum absolute atomic E-state index is 0. The lowest BCUT2D eigenvalue weighted by atomic mass is 9.96. The second kappa shape index (κ2) is 11.6. The van der Waals surface area contributed by atoms with Gasteiger partial charge in [0.15, 0.2) is 0 Å². The first kappa shape index (κ1) is 22.2. The van der Waals surface area contributed by atoms with Gasteiger partial charge in [0.05, 0.1) is 25.9 Å². The predicted molar refractivity (Wildman–Crippen MR) is 113 cm³/mol. The summed E-state index contributed by atoms with van der Waals surface area (Å²) < 4.78 is 5.39. The second-order valence-corrected chi connectivity index (χ2v) is 7.01. The maximum atomic E-state index is 8.78. The van der Waals surface area contributed by atoms with E-state index in [1.54, 1.807) is 0 Å². The Bertz CT molecular complexity index is 647. The number of hydrogen-bond donors (Lipinski definition) is 1. The van der Waals surface area contributed by atoms with Gasteiger partial charge in [-0.25, -0.2) is 0 Å². The summed E-state index contributed by atoms with van der Waals surface area (Å²) in [6.07, 6.45) is 0. The zero-order valence-electron chi connectivity index (χ0n) is 15.5. The number of aliphatic hydroxyl groups excluding tert-OH is 1. The molecule has 1 aliphatic heterocycles. The predicted octanol–water partition coefficient (Wildman–Crippen LogP) is 3.48. The van der Waals surface area contributed by atoms with Crippen LogP contribution in [0.4, 0.5) is 0 Å². The molecule has 2 aromatic rings. The van der Waals surface area contributed by atoms with Crippen LogP contribution >= 0.6 is 24.0 Å². The standard InChI is InChI=1S/C21H27ClN2O2.ClH/c22-20-8-6-19(7-9-20)21(18-4-2-1-3-5-18)24-12-10-23(11-13-24)14-16-26-17-15-25;/h1-9,21,25H,10-17H2;1H/t21-;/m0./s1. The third-order valence-electron chi connectivity index (χ3n) is 4.86. The lowest BCUT2D eigenvalue weighted by molar-refractivity contribution is 0.0522. The highest BCUT2D eigenvalue weighted by Gasteiger charge is 2.26. The molecule has 1 aliphatic rings. The highest BCUT2D eigenvalue weighted by atomic mass is 35.5. The Morgan fingerprint density at radius 1 is 0.889 bits per heavy atom. The molecule has 1 N–H and O–H groups in total. The molecule has 1 atom stereocenters. The van der Waals surface area contributed by atoms with Crippen LogP contribution in [0.1, 0.15) is 17.2 Å². The summed E-state index contributed by atoms with van der Waals surface area (Å²) in [6.45, 7) is 6.20. The molecule has 148 valence electrons. The molecule has 6 heteroatoms. The third-order valence-corrected chi connectivity index (χ3v) is 5.11. The van der Waals surface area contributed by atoms with Crippen LogP contribution in [0.15, 0.2) is 54.6 Å². The Morgan fingerprint density at radius 3 is 2.15 bits per heavy atom. The molecule has 0 amide bonds. The first-order valence-corrected chi connectivity index (χ1v) is 9.61. The highest BCUT2D eigenvalue weighted by molar-refractivity contribution is 6.30. The Balaban J connectivity index is 0.00000261. The fourth-order valence-electron chi connectivity index (χ4n) is 3.50. The average molecular weight is 411 g/mol. The molecular formula is C21H28Cl2N2O2. The average Bonchev–Trinajstić information content (AvgIpc) is 2.69. The molecule has 27 heavy (non-hydrogen) atoms. The molecular weight excluding hydrogens is 383 g/mol. The van der Waals surface area contributed by atoms with Crippen LogP contribution in [0.25, 0.3) is 0 Å². The van der Waals surface area contributed by atoms with Crippen molar-refractivity contribution in [2.24, 2.45) is 0 Å². The number of piperazine rings is 1. The van der Waals surface area contributed by atoms with Crippen molar-refractivity contribution < 1.29 is 9.84 Å². The van der Waals surface area contributed by atoms with Crippen molar-refractivity contribution in [2.45, 2.75) is 6.04 Å². The van der Waals surface area contributed by atoms with Gasteiger partial charge in [-0.3, -0.25) is 9.80 Å². The van der Waals surface area contributed by atoms with E-state index in [1.807, 2.05) is 12.1 Å².